The van der Waals surface area contributed by atoms with Crippen LogP contribution >= 0.6 is 23.1 Å². The first-order valence-corrected chi connectivity index (χ1v) is 16.4. The zero-order valence-electron chi connectivity index (χ0n) is 25.3. The minimum Gasteiger partial charge on any atom is -0.481 e. The van der Waals surface area contributed by atoms with Crippen molar-refractivity contribution in [3.05, 3.63) is 33.7 Å². The molecule has 4 aliphatic rings. The van der Waals surface area contributed by atoms with Crippen LogP contribution in [0.25, 0.3) is 0 Å². The van der Waals surface area contributed by atoms with Crippen molar-refractivity contribution in [2.45, 2.75) is 54.9 Å². The number of rotatable bonds is 6. The van der Waals surface area contributed by atoms with Crippen molar-refractivity contribution in [2.75, 3.05) is 68.7 Å². The van der Waals surface area contributed by atoms with Gasteiger partial charge >= 0.3 is 6.01 Å². The smallest absolute Gasteiger partial charge is 0.322 e. The number of nitrogens with two attached hydrogens (primary N) is 2. The van der Waals surface area contributed by atoms with Crippen LogP contribution in [0.4, 0.5) is 27.1 Å². The highest BCUT2D eigenvalue weighted by atomic mass is 32.2. The summed E-state index contributed by atoms with van der Waals surface area (Å²) in [5, 5.41) is 10.2. The molecule has 234 valence electrons. The fourth-order valence-electron chi connectivity index (χ4n) is 6.50. The van der Waals surface area contributed by atoms with E-state index in [4.69, 9.17) is 25.9 Å². The molecular formula is C29H37FN10O2S2. The minimum absolute atomic E-state index is 0.170. The first-order valence-electron chi connectivity index (χ1n) is 14.6. The lowest BCUT2D eigenvalue weighted by Crippen LogP contribution is -2.57. The molecule has 0 bridgehead atoms. The molecule has 0 amide bonds. The Kier molecular flexibility index (Phi) is 8.33. The van der Waals surface area contributed by atoms with E-state index in [1.165, 1.54) is 36.2 Å². The van der Waals surface area contributed by atoms with Crippen LogP contribution in [0, 0.1) is 11.3 Å². The van der Waals surface area contributed by atoms with Gasteiger partial charge in [0, 0.05) is 60.5 Å². The summed E-state index contributed by atoms with van der Waals surface area (Å²) in [5.41, 5.74) is 14.8. The lowest BCUT2D eigenvalue weighted by molar-refractivity contribution is 0.292. The van der Waals surface area contributed by atoms with E-state index in [-0.39, 0.29) is 16.8 Å². The third-order valence-corrected chi connectivity index (χ3v) is 11.6. The minimum atomic E-state index is -0.518. The number of pyridine rings is 1. The van der Waals surface area contributed by atoms with Crippen LogP contribution in [0.5, 0.6) is 11.9 Å². The average molecular weight is 641 g/mol. The van der Waals surface area contributed by atoms with Gasteiger partial charge in [-0.3, -0.25) is 4.90 Å². The van der Waals surface area contributed by atoms with Crippen LogP contribution in [0.2, 0.25) is 0 Å². The standard InChI is InChI=1S/C22H25N9O2S2.C7H12FN/c1-11(12-5-6-15(32-3)26-17(12)24)30(2)19-27-20(29-21(28-19)33-4)31-9-22(10-31)16-13(7-23)18(25)35-14(16)8-34-22;8-6-4-7-2-1-3-9(7)5-6/h5-6,11H,8-10,25H2,1-4H3,(H2,24,26);6-7H,1-5H2. The molecule has 0 aromatic carbocycles. The van der Waals surface area contributed by atoms with Crippen molar-refractivity contribution in [1.29, 1.82) is 5.26 Å². The van der Waals surface area contributed by atoms with Gasteiger partial charge in [0.05, 0.1) is 30.6 Å². The lowest BCUT2D eigenvalue weighted by Gasteiger charge is -2.47. The van der Waals surface area contributed by atoms with Gasteiger partial charge in [-0.1, -0.05) is 0 Å². The Bertz CT molecular complexity index is 1560. The number of methoxy groups -OCH3 is 2. The first-order chi connectivity index (χ1) is 21.2. The molecule has 3 aromatic heterocycles. The molecule has 0 aliphatic carbocycles. The van der Waals surface area contributed by atoms with Crippen LogP contribution in [-0.2, 0) is 10.5 Å². The third-order valence-electron chi connectivity index (χ3n) is 8.95. The second kappa shape index (κ2) is 12.1. The van der Waals surface area contributed by atoms with Crippen molar-refractivity contribution in [1.82, 2.24) is 24.8 Å². The van der Waals surface area contributed by atoms with Gasteiger partial charge in [-0.15, -0.1) is 23.1 Å². The zero-order chi connectivity index (χ0) is 31.2. The second-order valence-electron chi connectivity index (χ2n) is 11.6. The van der Waals surface area contributed by atoms with E-state index in [1.807, 2.05) is 36.7 Å². The predicted molar refractivity (Wildman–Crippen MR) is 171 cm³/mol. The Morgan fingerprint density at radius 2 is 1.98 bits per heavy atom. The lowest BCUT2D eigenvalue weighted by atomic mass is 9.88. The number of nitriles is 1. The number of nitrogens with zero attached hydrogens (tertiary/aromatic N) is 8. The molecule has 3 atom stereocenters. The zero-order valence-corrected chi connectivity index (χ0v) is 26.9. The summed E-state index contributed by atoms with van der Waals surface area (Å²) in [6.45, 7) is 5.21. The number of halogens is 1. The van der Waals surface area contributed by atoms with Gasteiger partial charge in [-0.25, -0.2) is 4.39 Å². The molecule has 0 saturated carbocycles. The summed E-state index contributed by atoms with van der Waals surface area (Å²) < 4.78 is 23.0. The largest absolute Gasteiger partial charge is 0.481 e. The maximum atomic E-state index is 12.6. The molecule has 4 aliphatic heterocycles. The molecule has 15 heteroatoms. The molecule has 3 aromatic rings. The van der Waals surface area contributed by atoms with E-state index in [0.717, 1.165) is 29.8 Å². The Labute approximate surface area is 264 Å². The van der Waals surface area contributed by atoms with E-state index in [0.29, 0.717) is 59.8 Å². The molecule has 3 fully saturated rings. The number of anilines is 4. The highest BCUT2D eigenvalue weighted by molar-refractivity contribution is 8.00. The van der Waals surface area contributed by atoms with Crippen LogP contribution in [-0.4, -0.2) is 84.5 Å². The summed E-state index contributed by atoms with van der Waals surface area (Å²) in [6.07, 6.45) is 2.81. The second-order valence-corrected chi connectivity index (χ2v) is 14.0. The van der Waals surface area contributed by atoms with Gasteiger partial charge < -0.3 is 30.7 Å². The van der Waals surface area contributed by atoms with Crippen molar-refractivity contribution in [2.24, 2.45) is 0 Å². The Morgan fingerprint density at radius 3 is 2.66 bits per heavy atom. The SMILES string of the molecule is COc1ccc(C(C)N(C)c2nc(OC)nc(N3CC4(C3)SCc3sc(N)c(C#N)c34)n2)c(N)n1.FC1CC2CCCN2C1. The van der Waals surface area contributed by atoms with E-state index in [9.17, 15) is 9.65 Å². The van der Waals surface area contributed by atoms with E-state index in [1.54, 1.807) is 13.2 Å². The molecular weight excluding hydrogens is 604 g/mol. The summed E-state index contributed by atoms with van der Waals surface area (Å²) in [7, 11) is 4.97. The first kappa shape index (κ1) is 30.4. The molecule has 7 rings (SSSR count). The molecule has 12 nitrogen and oxygen atoms in total. The molecule has 3 saturated heterocycles. The van der Waals surface area contributed by atoms with Crippen LogP contribution in [0.3, 0.4) is 0 Å². The van der Waals surface area contributed by atoms with Crippen LogP contribution in [0.1, 0.15) is 53.8 Å². The fourth-order valence-corrected chi connectivity index (χ4v) is 9.30. The summed E-state index contributed by atoms with van der Waals surface area (Å²) in [5.74, 6) is 2.67. The third kappa shape index (κ3) is 5.43. The average Bonchev–Trinajstić information content (AvgIpc) is 3.75. The molecule has 7 heterocycles. The molecule has 1 spiro atoms. The number of thioether (sulfide) groups is 1. The Balaban J connectivity index is 0.000000323. The van der Waals surface area contributed by atoms with Gasteiger partial charge in [0.15, 0.2) is 0 Å². The van der Waals surface area contributed by atoms with E-state index >= 15 is 0 Å². The van der Waals surface area contributed by atoms with Crippen LogP contribution in [0.15, 0.2) is 12.1 Å². The highest BCUT2D eigenvalue weighted by Crippen LogP contribution is 2.57. The van der Waals surface area contributed by atoms with Crippen molar-refractivity contribution in [3.63, 3.8) is 0 Å². The Morgan fingerprint density at radius 1 is 1.18 bits per heavy atom. The molecule has 44 heavy (non-hydrogen) atoms. The van der Waals surface area contributed by atoms with Gasteiger partial charge in [0.25, 0.3) is 0 Å². The maximum Gasteiger partial charge on any atom is 0.322 e. The van der Waals surface area contributed by atoms with Gasteiger partial charge in [0.1, 0.15) is 23.1 Å². The van der Waals surface area contributed by atoms with Crippen molar-refractivity contribution < 1.29 is 13.9 Å². The topological polar surface area (TPSA) is 156 Å². The normalized spacial score (nSPS) is 22.0. The number of thiophene rings is 1. The molecule has 0 radical (unpaired) electrons. The number of nitrogen functional groups attached to an aromatic ring is 2. The van der Waals surface area contributed by atoms with Gasteiger partial charge in [-0.2, -0.15) is 25.2 Å². The number of fused-ring (bicyclic) bond motifs is 3. The predicted octanol–water partition coefficient (Wildman–Crippen LogP) is 3.73. The number of aromatic nitrogens is 4. The fraction of sp³-hybridized carbons (Fsp3) is 0.552. The van der Waals surface area contributed by atoms with E-state index < -0.39 is 6.17 Å². The van der Waals surface area contributed by atoms with Crippen LogP contribution < -0.4 is 30.7 Å². The van der Waals surface area contributed by atoms with Gasteiger partial charge in [0.2, 0.25) is 17.8 Å². The maximum absolute atomic E-state index is 12.6. The Hall–Kier alpha value is -3.61. The highest BCUT2D eigenvalue weighted by Gasteiger charge is 2.53. The van der Waals surface area contributed by atoms with Gasteiger partial charge in [-0.05, 0) is 38.8 Å². The summed E-state index contributed by atoms with van der Waals surface area (Å²) >= 11 is 3.37. The summed E-state index contributed by atoms with van der Waals surface area (Å²) in [6, 6.07) is 6.62. The molecule has 3 unspecified atom stereocenters. The molecule has 4 N–H and O–H groups in total. The summed E-state index contributed by atoms with van der Waals surface area (Å²) in [4.78, 5) is 25.4. The van der Waals surface area contributed by atoms with Crippen molar-refractivity contribution >= 4 is 45.8 Å². The quantitative estimate of drug-likeness (QED) is 0.402. The monoisotopic (exact) mass is 640 g/mol. The number of hydrogen-bond donors (Lipinski definition) is 2. The number of hydrogen-bond acceptors (Lipinski definition) is 14. The number of alkyl halides is 1. The van der Waals surface area contributed by atoms with Crippen molar-refractivity contribution in [3.8, 4) is 18.0 Å². The number of ether oxygens (including phenoxy) is 2. The van der Waals surface area contributed by atoms with E-state index in [2.05, 4.69) is 30.8 Å².